The summed E-state index contributed by atoms with van der Waals surface area (Å²) in [5, 5.41) is 4.24. The van der Waals surface area contributed by atoms with Crippen molar-refractivity contribution >= 4 is 28.9 Å². The zero-order valence-electron chi connectivity index (χ0n) is 11.1. The standard InChI is InChI=1S/C12H10Cl2N4O3/c1-6(2)16-18-11(20)15-10(19)17(12(18)21)7-3-4-8(13)9(14)5-7/h3-5H,1-2H3,(H,15,19,20). The van der Waals surface area contributed by atoms with Gasteiger partial charge in [0.05, 0.1) is 15.7 Å². The van der Waals surface area contributed by atoms with Crippen LogP contribution >= 0.6 is 23.2 Å². The van der Waals surface area contributed by atoms with Crippen LogP contribution in [0.4, 0.5) is 0 Å². The van der Waals surface area contributed by atoms with Crippen molar-refractivity contribution in [1.29, 1.82) is 0 Å². The maximum atomic E-state index is 12.3. The lowest BCUT2D eigenvalue weighted by molar-refractivity contribution is 0.646. The van der Waals surface area contributed by atoms with Gasteiger partial charge in [-0.1, -0.05) is 23.2 Å². The summed E-state index contributed by atoms with van der Waals surface area (Å²) >= 11 is 11.7. The van der Waals surface area contributed by atoms with Crippen molar-refractivity contribution in [2.45, 2.75) is 13.8 Å². The third-order valence-corrected chi connectivity index (χ3v) is 3.18. The van der Waals surface area contributed by atoms with Gasteiger partial charge in [-0.3, -0.25) is 4.98 Å². The smallest absolute Gasteiger partial charge is 0.257 e. The van der Waals surface area contributed by atoms with Gasteiger partial charge in [0.2, 0.25) is 0 Å². The molecule has 21 heavy (non-hydrogen) atoms. The van der Waals surface area contributed by atoms with Gasteiger partial charge in [0.15, 0.2) is 0 Å². The second-order valence-corrected chi connectivity index (χ2v) is 5.13. The molecule has 0 atom stereocenters. The summed E-state index contributed by atoms with van der Waals surface area (Å²) in [7, 11) is 0. The van der Waals surface area contributed by atoms with Crippen LogP contribution in [0.5, 0.6) is 0 Å². The third kappa shape index (κ3) is 2.98. The average Bonchev–Trinajstić information content (AvgIpc) is 2.38. The van der Waals surface area contributed by atoms with Crippen LogP contribution < -0.4 is 17.1 Å². The van der Waals surface area contributed by atoms with Gasteiger partial charge in [0.1, 0.15) is 0 Å². The van der Waals surface area contributed by atoms with Crippen molar-refractivity contribution < 1.29 is 0 Å². The van der Waals surface area contributed by atoms with Crippen LogP contribution in [0.25, 0.3) is 5.69 Å². The van der Waals surface area contributed by atoms with Crippen LogP contribution in [-0.2, 0) is 0 Å². The molecule has 1 aromatic heterocycles. The number of hydrogen-bond donors (Lipinski definition) is 1. The third-order valence-electron chi connectivity index (χ3n) is 2.44. The van der Waals surface area contributed by atoms with Crippen molar-refractivity contribution in [2.75, 3.05) is 0 Å². The quantitative estimate of drug-likeness (QED) is 0.841. The highest BCUT2D eigenvalue weighted by Crippen LogP contribution is 2.23. The highest BCUT2D eigenvalue weighted by atomic mass is 35.5. The van der Waals surface area contributed by atoms with E-state index in [0.29, 0.717) is 10.4 Å². The Morgan fingerprint density at radius 1 is 1.10 bits per heavy atom. The SMILES string of the molecule is CC(C)=Nn1c(=O)[nH]c(=O)n(-c2ccc(Cl)c(Cl)c2)c1=O. The highest BCUT2D eigenvalue weighted by Gasteiger charge is 2.12. The number of halogens is 2. The molecule has 0 aliphatic carbocycles. The van der Waals surface area contributed by atoms with E-state index in [2.05, 4.69) is 5.10 Å². The van der Waals surface area contributed by atoms with E-state index < -0.39 is 17.1 Å². The van der Waals surface area contributed by atoms with E-state index in [1.807, 2.05) is 4.98 Å². The molecule has 0 amide bonds. The summed E-state index contributed by atoms with van der Waals surface area (Å²) in [6.07, 6.45) is 0. The van der Waals surface area contributed by atoms with Gasteiger partial charge in [-0.25, -0.2) is 19.0 Å². The molecule has 0 saturated carbocycles. The van der Waals surface area contributed by atoms with Crippen molar-refractivity contribution in [3.63, 3.8) is 0 Å². The summed E-state index contributed by atoms with van der Waals surface area (Å²) in [5.41, 5.74) is -2.05. The Bertz CT molecular complexity index is 904. The van der Waals surface area contributed by atoms with E-state index in [1.165, 1.54) is 18.2 Å². The maximum Gasteiger partial charge on any atom is 0.362 e. The molecule has 0 saturated heterocycles. The summed E-state index contributed by atoms with van der Waals surface area (Å²) in [4.78, 5) is 37.8. The molecule has 2 aromatic rings. The highest BCUT2D eigenvalue weighted by molar-refractivity contribution is 6.42. The predicted molar refractivity (Wildman–Crippen MR) is 81.1 cm³/mol. The molecule has 2 rings (SSSR count). The van der Waals surface area contributed by atoms with Crippen molar-refractivity contribution in [2.24, 2.45) is 5.10 Å². The zero-order chi connectivity index (χ0) is 15.7. The predicted octanol–water partition coefficient (Wildman–Crippen LogP) is 1.24. The molecule has 0 bridgehead atoms. The molecule has 1 aromatic carbocycles. The molecule has 0 radical (unpaired) electrons. The molecule has 0 spiro atoms. The number of hydrogen-bond acceptors (Lipinski definition) is 4. The lowest BCUT2D eigenvalue weighted by Crippen LogP contribution is -2.47. The number of rotatable bonds is 2. The van der Waals surface area contributed by atoms with Gasteiger partial charge in [0.25, 0.3) is 0 Å². The molecular weight excluding hydrogens is 319 g/mol. The Morgan fingerprint density at radius 3 is 2.33 bits per heavy atom. The Morgan fingerprint density at radius 2 is 1.76 bits per heavy atom. The topological polar surface area (TPSA) is 89.2 Å². The van der Waals surface area contributed by atoms with Gasteiger partial charge in [-0.2, -0.15) is 5.10 Å². The molecule has 9 heteroatoms. The van der Waals surface area contributed by atoms with Gasteiger partial charge in [-0.15, -0.1) is 4.68 Å². The monoisotopic (exact) mass is 328 g/mol. The van der Waals surface area contributed by atoms with E-state index in [-0.39, 0.29) is 15.7 Å². The maximum absolute atomic E-state index is 12.3. The number of aromatic nitrogens is 3. The summed E-state index contributed by atoms with van der Waals surface area (Å²) in [6.45, 7) is 3.22. The van der Waals surface area contributed by atoms with Crippen LogP contribution in [0, 0.1) is 0 Å². The summed E-state index contributed by atoms with van der Waals surface area (Å²) < 4.78 is 1.31. The summed E-state index contributed by atoms with van der Waals surface area (Å²) in [6, 6.07) is 4.22. The van der Waals surface area contributed by atoms with Crippen molar-refractivity contribution in [3.05, 3.63) is 59.7 Å². The number of nitrogens with zero attached hydrogens (tertiary/aromatic N) is 3. The first kappa shape index (κ1) is 15.3. The Labute approximate surface area is 128 Å². The van der Waals surface area contributed by atoms with Crippen molar-refractivity contribution in [1.82, 2.24) is 14.2 Å². The van der Waals surface area contributed by atoms with E-state index in [9.17, 15) is 14.4 Å². The Balaban J connectivity index is 2.84. The second-order valence-electron chi connectivity index (χ2n) is 4.31. The molecule has 1 heterocycles. The lowest BCUT2D eigenvalue weighted by atomic mass is 10.3. The minimum absolute atomic E-state index is 0.174. The first-order chi connectivity index (χ1) is 9.81. The van der Waals surface area contributed by atoms with Gasteiger partial charge in [0, 0.05) is 5.71 Å². The van der Waals surface area contributed by atoms with E-state index in [4.69, 9.17) is 23.2 Å². The molecule has 0 fully saturated rings. The Hall–Kier alpha value is -2.12. The number of H-pyrrole nitrogens is 1. The molecular formula is C12H10Cl2N4O3. The van der Waals surface area contributed by atoms with Crippen LogP contribution in [0.15, 0.2) is 37.7 Å². The zero-order valence-corrected chi connectivity index (χ0v) is 12.6. The molecule has 0 aliphatic rings. The Kier molecular flexibility index (Phi) is 4.15. The number of nitrogens with one attached hydrogen (secondary N) is 1. The first-order valence-corrected chi connectivity index (χ1v) is 6.53. The average molecular weight is 329 g/mol. The fourth-order valence-electron chi connectivity index (χ4n) is 1.61. The van der Waals surface area contributed by atoms with Crippen LogP contribution in [0.2, 0.25) is 10.0 Å². The molecule has 0 unspecified atom stereocenters. The van der Waals surface area contributed by atoms with Crippen LogP contribution in [-0.4, -0.2) is 19.9 Å². The number of aromatic amines is 1. The second kappa shape index (κ2) is 5.71. The fraction of sp³-hybridized carbons (Fsp3) is 0.167. The molecule has 7 nitrogen and oxygen atoms in total. The van der Waals surface area contributed by atoms with E-state index in [1.54, 1.807) is 13.8 Å². The first-order valence-electron chi connectivity index (χ1n) is 5.77. The molecule has 0 aliphatic heterocycles. The minimum atomic E-state index is -0.914. The van der Waals surface area contributed by atoms with Crippen LogP contribution in [0.1, 0.15) is 13.8 Å². The molecule has 110 valence electrons. The van der Waals surface area contributed by atoms with Gasteiger partial charge < -0.3 is 0 Å². The fourth-order valence-corrected chi connectivity index (χ4v) is 1.90. The lowest BCUT2D eigenvalue weighted by Gasteiger charge is -2.07. The largest absolute Gasteiger partial charge is 0.362 e. The number of benzene rings is 1. The van der Waals surface area contributed by atoms with Gasteiger partial charge in [-0.05, 0) is 32.0 Å². The van der Waals surface area contributed by atoms with Gasteiger partial charge >= 0.3 is 17.1 Å². The van der Waals surface area contributed by atoms with Crippen molar-refractivity contribution in [3.8, 4) is 5.69 Å². The summed E-state index contributed by atoms with van der Waals surface area (Å²) in [5.74, 6) is 0. The van der Waals surface area contributed by atoms with E-state index in [0.717, 1.165) is 4.57 Å². The molecule has 1 N–H and O–H groups in total. The van der Waals surface area contributed by atoms with Crippen LogP contribution in [0.3, 0.4) is 0 Å². The van der Waals surface area contributed by atoms with E-state index >= 15 is 0 Å². The minimum Gasteiger partial charge on any atom is -0.257 e. The normalized spacial score (nSPS) is 10.5.